The first kappa shape index (κ1) is 13.1. The Labute approximate surface area is 108 Å². The maximum atomic E-state index is 12.2. The van der Waals surface area contributed by atoms with Gasteiger partial charge in [-0.2, -0.15) is 0 Å². The predicted octanol–water partition coefficient (Wildman–Crippen LogP) is 2.04. The Morgan fingerprint density at radius 2 is 1.89 bits per heavy atom. The summed E-state index contributed by atoms with van der Waals surface area (Å²) in [6.45, 7) is 6.19. The summed E-state index contributed by atoms with van der Waals surface area (Å²) in [5.41, 5.74) is 1.26. The van der Waals surface area contributed by atoms with E-state index in [1.54, 1.807) is 6.92 Å². The lowest BCUT2D eigenvalue weighted by molar-refractivity contribution is -0.146. The van der Waals surface area contributed by atoms with E-state index in [1.165, 1.54) is 5.57 Å². The Kier molecular flexibility index (Phi) is 4.04. The van der Waals surface area contributed by atoms with Crippen molar-refractivity contribution in [3.05, 3.63) is 12.2 Å². The molecule has 2 fully saturated rings. The summed E-state index contributed by atoms with van der Waals surface area (Å²) in [7, 11) is 0. The van der Waals surface area contributed by atoms with Crippen LogP contribution in [0.4, 0.5) is 0 Å². The molecule has 2 aliphatic heterocycles. The lowest BCUT2D eigenvalue weighted by Gasteiger charge is -2.36. The van der Waals surface area contributed by atoms with Crippen LogP contribution in [-0.2, 0) is 14.3 Å². The van der Waals surface area contributed by atoms with E-state index in [9.17, 15) is 9.59 Å². The molecule has 0 aromatic rings. The van der Waals surface area contributed by atoms with E-state index < -0.39 is 0 Å². The minimum atomic E-state index is -0.278. The van der Waals surface area contributed by atoms with Gasteiger partial charge in [0.1, 0.15) is 0 Å². The van der Waals surface area contributed by atoms with Gasteiger partial charge in [0.25, 0.3) is 0 Å². The molecular weight excluding hydrogens is 230 g/mol. The zero-order chi connectivity index (χ0) is 13.1. The topological polar surface area (TPSA) is 46.6 Å². The third-order valence-electron chi connectivity index (χ3n) is 3.80. The van der Waals surface area contributed by atoms with E-state index in [1.807, 2.05) is 4.90 Å². The fourth-order valence-electron chi connectivity index (χ4n) is 3.09. The van der Waals surface area contributed by atoms with Crippen molar-refractivity contribution in [3.8, 4) is 0 Å². The molecule has 2 atom stereocenters. The largest absolute Gasteiger partial charge is 0.466 e. The van der Waals surface area contributed by atoms with Crippen molar-refractivity contribution in [2.24, 2.45) is 0 Å². The smallest absolute Gasteiger partial charge is 0.306 e. The number of esters is 1. The van der Waals surface area contributed by atoms with Crippen LogP contribution in [0.1, 0.15) is 45.4 Å². The summed E-state index contributed by atoms with van der Waals surface area (Å²) in [5, 5.41) is 0. The number of rotatable bonds is 4. The third-order valence-corrected chi connectivity index (χ3v) is 3.80. The Bertz CT molecular complexity index is 348. The van der Waals surface area contributed by atoms with Gasteiger partial charge in [-0.05, 0) is 32.6 Å². The maximum absolute atomic E-state index is 12.2. The van der Waals surface area contributed by atoms with Crippen molar-refractivity contribution in [2.45, 2.75) is 57.5 Å². The second-order valence-corrected chi connectivity index (χ2v) is 5.15. The zero-order valence-electron chi connectivity index (χ0n) is 11.0. The summed E-state index contributed by atoms with van der Waals surface area (Å²) in [5.74, 6) is -0.178. The van der Waals surface area contributed by atoms with Crippen LogP contribution in [0.2, 0.25) is 0 Å². The average molecular weight is 251 g/mol. The van der Waals surface area contributed by atoms with Gasteiger partial charge in [-0.1, -0.05) is 12.2 Å². The van der Waals surface area contributed by atoms with Crippen LogP contribution in [-0.4, -0.2) is 35.5 Å². The van der Waals surface area contributed by atoms with Crippen LogP contribution in [0, 0.1) is 0 Å². The van der Waals surface area contributed by atoms with Gasteiger partial charge in [-0.25, -0.2) is 0 Å². The summed E-state index contributed by atoms with van der Waals surface area (Å²) in [6, 6.07) is 0.650. The van der Waals surface area contributed by atoms with Gasteiger partial charge in [0.15, 0.2) is 0 Å². The van der Waals surface area contributed by atoms with Gasteiger partial charge in [-0.15, -0.1) is 0 Å². The molecule has 18 heavy (non-hydrogen) atoms. The number of nitrogens with zero attached hydrogens (tertiary/aromatic N) is 1. The quantitative estimate of drug-likeness (QED) is 0.567. The van der Waals surface area contributed by atoms with Crippen LogP contribution in [0.25, 0.3) is 0 Å². The van der Waals surface area contributed by atoms with Crippen molar-refractivity contribution in [1.29, 1.82) is 0 Å². The molecular formula is C14H21NO3. The molecule has 0 radical (unpaired) electrons. The number of ether oxygens (including phenoxy) is 1. The van der Waals surface area contributed by atoms with Crippen molar-refractivity contribution in [2.75, 3.05) is 6.61 Å². The monoisotopic (exact) mass is 251 g/mol. The highest BCUT2D eigenvalue weighted by atomic mass is 16.5. The molecule has 1 amide bonds. The van der Waals surface area contributed by atoms with Gasteiger partial charge in [0.05, 0.1) is 13.0 Å². The van der Waals surface area contributed by atoms with Crippen molar-refractivity contribution in [3.63, 3.8) is 0 Å². The maximum Gasteiger partial charge on any atom is 0.306 e. The first-order valence-electron chi connectivity index (χ1n) is 6.75. The second kappa shape index (κ2) is 5.55. The molecule has 4 nitrogen and oxygen atoms in total. The lowest BCUT2D eigenvalue weighted by Crippen LogP contribution is -2.44. The normalized spacial score (nSPS) is 26.3. The van der Waals surface area contributed by atoms with E-state index >= 15 is 0 Å². The van der Waals surface area contributed by atoms with Crippen LogP contribution >= 0.6 is 0 Å². The molecule has 0 aliphatic carbocycles. The zero-order valence-corrected chi connectivity index (χ0v) is 11.0. The second-order valence-electron chi connectivity index (χ2n) is 5.15. The standard InChI is InChI=1S/C14H21NO3/c1-3-18-14(17)7-6-13(16)15-11-4-5-12(15)9-10(2)8-11/h11-12H,2-9H2,1H3. The highest BCUT2D eigenvalue weighted by Crippen LogP contribution is 2.38. The number of fused-ring (bicyclic) bond motifs is 2. The minimum Gasteiger partial charge on any atom is -0.466 e. The molecule has 0 saturated carbocycles. The summed E-state index contributed by atoms with van der Waals surface area (Å²) < 4.78 is 4.84. The third kappa shape index (κ3) is 2.74. The summed E-state index contributed by atoms with van der Waals surface area (Å²) in [6.07, 6.45) is 4.49. The Morgan fingerprint density at radius 3 is 2.44 bits per heavy atom. The molecule has 0 aromatic heterocycles. The van der Waals surface area contributed by atoms with E-state index in [2.05, 4.69) is 6.58 Å². The van der Waals surface area contributed by atoms with Gasteiger partial charge < -0.3 is 9.64 Å². The average Bonchev–Trinajstić information content (AvgIpc) is 2.59. The van der Waals surface area contributed by atoms with Crippen LogP contribution in [0.15, 0.2) is 12.2 Å². The molecule has 2 bridgehead atoms. The molecule has 0 aromatic carbocycles. The highest BCUT2D eigenvalue weighted by molar-refractivity contribution is 5.82. The first-order chi connectivity index (χ1) is 8.61. The molecule has 2 saturated heterocycles. The Hall–Kier alpha value is -1.32. The first-order valence-corrected chi connectivity index (χ1v) is 6.75. The van der Waals surface area contributed by atoms with Gasteiger partial charge in [0, 0.05) is 18.5 Å². The highest BCUT2D eigenvalue weighted by Gasteiger charge is 2.40. The number of amides is 1. The van der Waals surface area contributed by atoms with E-state index in [-0.39, 0.29) is 24.7 Å². The summed E-state index contributed by atoms with van der Waals surface area (Å²) >= 11 is 0. The predicted molar refractivity (Wildman–Crippen MR) is 67.9 cm³/mol. The SMILES string of the molecule is C=C1CC2CCC(C1)N2C(=O)CCC(=O)OCC. The van der Waals surface area contributed by atoms with Gasteiger partial charge in [-0.3, -0.25) is 9.59 Å². The van der Waals surface area contributed by atoms with Crippen LogP contribution < -0.4 is 0 Å². The van der Waals surface area contributed by atoms with Gasteiger partial charge >= 0.3 is 5.97 Å². The molecule has 4 heteroatoms. The lowest BCUT2D eigenvalue weighted by atomic mass is 9.97. The van der Waals surface area contributed by atoms with Crippen molar-refractivity contribution in [1.82, 2.24) is 4.90 Å². The van der Waals surface area contributed by atoms with Gasteiger partial charge in [0.2, 0.25) is 5.91 Å². The molecule has 100 valence electrons. The van der Waals surface area contributed by atoms with Crippen molar-refractivity contribution < 1.29 is 14.3 Å². The number of carbonyl (C=O) groups excluding carboxylic acids is 2. The minimum absolute atomic E-state index is 0.100. The fourth-order valence-corrected chi connectivity index (χ4v) is 3.09. The number of piperidine rings is 1. The number of carbonyl (C=O) groups is 2. The molecule has 2 rings (SSSR count). The molecule has 2 unspecified atom stereocenters. The van der Waals surface area contributed by atoms with Crippen molar-refractivity contribution >= 4 is 11.9 Å². The van der Waals surface area contributed by atoms with E-state index in [0.29, 0.717) is 18.7 Å². The number of hydrogen-bond acceptors (Lipinski definition) is 3. The summed E-state index contributed by atoms with van der Waals surface area (Å²) in [4.78, 5) is 25.4. The molecule has 2 heterocycles. The van der Waals surface area contributed by atoms with Crippen LogP contribution in [0.5, 0.6) is 0 Å². The Balaban J connectivity index is 1.86. The van der Waals surface area contributed by atoms with E-state index in [0.717, 1.165) is 25.7 Å². The molecule has 0 N–H and O–H groups in total. The number of hydrogen-bond donors (Lipinski definition) is 0. The van der Waals surface area contributed by atoms with Crippen LogP contribution in [0.3, 0.4) is 0 Å². The molecule has 0 spiro atoms. The molecule has 2 aliphatic rings. The van der Waals surface area contributed by atoms with E-state index in [4.69, 9.17) is 4.74 Å². The Morgan fingerprint density at radius 1 is 1.28 bits per heavy atom. The fraction of sp³-hybridized carbons (Fsp3) is 0.714.